The minimum absolute atomic E-state index is 0.276. The van der Waals surface area contributed by atoms with Crippen LogP contribution < -0.4 is 10.9 Å². The van der Waals surface area contributed by atoms with Crippen LogP contribution in [0.3, 0.4) is 0 Å². The van der Waals surface area contributed by atoms with Crippen LogP contribution in [0.2, 0.25) is 0 Å². The number of imidazole rings is 1. The zero-order valence-corrected chi connectivity index (χ0v) is 16.7. The van der Waals surface area contributed by atoms with E-state index >= 15 is 0 Å². The largest absolute Gasteiger partial charge is 0.327 e. The maximum atomic E-state index is 4.82. The lowest BCUT2D eigenvalue weighted by Crippen LogP contribution is -2.33. The van der Waals surface area contributed by atoms with Gasteiger partial charge in [-0.05, 0) is 32.8 Å². The summed E-state index contributed by atoms with van der Waals surface area (Å²) in [6.45, 7) is 4.46. The second-order valence-corrected chi connectivity index (χ2v) is 7.87. The van der Waals surface area contributed by atoms with E-state index in [9.17, 15) is 0 Å². The van der Waals surface area contributed by atoms with E-state index in [-0.39, 0.29) is 6.04 Å². The monoisotopic (exact) mass is 387 g/mol. The number of nitrogens with one attached hydrogen (secondary N) is 2. The van der Waals surface area contributed by atoms with Crippen LogP contribution in [-0.4, -0.2) is 36.2 Å². The van der Waals surface area contributed by atoms with Gasteiger partial charge in [0.05, 0.1) is 29.5 Å². The van der Waals surface area contributed by atoms with E-state index in [1.165, 1.54) is 0 Å². The van der Waals surface area contributed by atoms with Crippen LogP contribution >= 0.6 is 0 Å². The summed E-state index contributed by atoms with van der Waals surface area (Å²) < 4.78 is 4.09. The molecule has 3 unspecified atom stereocenters. The first-order chi connectivity index (χ1) is 14.2. The molecule has 0 spiro atoms. The van der Waals surface area contributed by atoms with Crippen molar-refractivity contribution in [3.63, 3.8) is 0 Å². The van der Waals surface area contributed by atoms with Crippen molar-refractivity contribution in [2.24, 2.45) is 0 Å². The molecular formula is C22H25N7. The van der Waals surface area contributed by atoms with E-state index in [1.807, 2.05) is 53.7 Å². The summed E-state index contributed by atoms with van der Waals surface area (Å²) in [4.78, 5) is 9.40. The minimum atomic E-state index is 0.276. The van der Waals surface area contributed by atoms with Gasteiger partial charge < -0.3 is 4.57 Å². The average Bonchev–Trinajstić information content (AvgIpc) is 3.46. The van der Waals surface area contributed by atoms with Crippen molar-refractivity contribution in [3.05, 3.63) is 61.3 Å². The first kappa shape index (κ1) is 18.0. The fraction of sp³-hybridized carbons (Fsp3) is 0.318. The molecule has 4 heterocycles. The molecule has 5 rings (SSSR count). The predicted molar refractivity (Wildman–Crippen MR) is 113 cm³/mol. The smallest absolute Gasteiger partial charge is 0.164 e. The van der Waals surface area contributed by atoms with E-state index in [2.05, 4.69) is 51.5 Å². The number of hydrogen-bond donors (Lipinski definition) is 2. The summed E-state index contributed by atoms with van der Waals surface area (Å²) in [6.07, 6.45) is 9.73. The van der Waals surface area contributed by atoms with Crippen LogP contribution in [0.15, 0.2) is 61.3 Å². The normalized spacial score (nSPS) is 20.3. The first-order valence-corrected chi connectivity index (χ1v) is 10.1. The molecule has 7 nitrogen and oxygen atoms in total. The van der Waals surface area contributed by atoms with E-state index in [0.717, 1.165) is 41.0 Å². The molecule has 0 amide bonds. The van der Waals surface area contributed by atoms with Crippen LogP contribution in [-0.2, 0) is 0 Å². The molecule has 29 heavy (non-hydrogen) atoms. The SMILES string of the molecule is CC1CC(CC(C)n2cnc(-c3ccccc3)c2-c2cnn3cccnc23)NN1. The lowest BCUT2D eigenvalue weighted by molar-refractivity contribution is 0.417. The highest BCUT2D eigenvalue weighted by Gasteiger charge is 2.26. The van der Waals surface area contributed by atoms with Crippen molar-refractivity contribution in [1.82, 2.24) is 35.0 Å². The second-order valence-electron chi connectivity index (χ2n) is 7.87. The summed E-state index contributed by atoms with van der Waals surface area (Å²) in [6, 6.07) is 13.4. The highest BCUT2D eigenvalue weighted by Crippen LogP contribution is 2.36. The van der Waals surface area contributed by atoms with E-state index < -0.39 is 0 Å². The molecular weight excluding hydrogens is 362 g/mol. The summed E-state index contributed by atoms with van der Waals surface area (Å²) in [7, 11) is 0. The average molecular weight is 387 g/mol. The van der Waals surface area contributed by atoms with Crippen molar-refractivity contribution < 1.29 is 0 Å². The Hall–Kier alpha value is -3.03. The van der Waals surface area contributed by atoms with Gasteiger partial charge in [0.1, 0.15) is 0 Å². The van der Waals surface area contributed by atoms with Crippen LogP contribution in [0.5, 0.6) is 0 Å². The molecule has 0 aliphatic carbocycles. The summed E-state index contributed by atoms with van der Waals surface area (Å²) in [5.41, 5.74) is 11.7. The number of benzene rings is 1. The summed E-state index contributed by atoms with van der Waals surface area (Å²) >= 11 is 0. The number of aromatic nitrogens is 5. The number of hydrazine groups is 1. The Morgan fingerprint density at radius 2 is 2.00 bits per heavy atom. The Morgan fingerprint density at radius 3 is 2.79 bits per heavy atom. The van der Waals surface area contributed by atoms with Gasteiger partial charge in [-0.2, -0.15) is 5.10 Å². The van der Waals surface area contributed by atoms with Gasteiger partial charge in [0, 0.05) is 36.1 Å². The fourth-order valence-electron chi connectivity index (χ4n) is 4.25. The van der Waals surface area contributed by atoms with E-state index in [4.69, 9.17) is 4.98 Å². The fourth-order valence-corrected chi connectivity index (χ4v) is 4.25. The Labute approximate surface area is 169 Å². The van der Waals surface area contributed by atoms with Crippen molar-refractivity contribution in [3.8, 4) is 22.5 Å². The summed E-state index contributed by atoms with van der Waals surface area (Å²) in [5, 5.41) is 4.51. The topological polar surface area (TPSA) is 72.1 Å². The molecule has 4 aromatic rings. The number of nitrogens with zero attached hydrogens (tertiary/aromatic N) is 5. The number of fused-ring (bicyclic) bond motifs is 1. The molecule has 1 fully saturated rings. The second kappa shape index (κ2) is 7.42. The van der Waals surface area contributed by atoms with E-state index in [0.29, 0.717) is 12.1 Å². The van der Waals surface area contributed by atoms with Gasteiger partial charge in [-0.3, -0.25) is 10.9 Å². The van der Waals surface area contributed by atoms with Gasteiger partial charge in [-0.15, -0.1) is 0 Å². The van der Waals surface area contributed by atoms with Crippen molar-refractivity contribution >= 4 is 5.65 Å². The molecule has 7 heteroatoms. The predicted octanol–water partition coefficient (Wildman–Crippen LogP) is 3.47. The van der Waals surface area contributed by atoms with Gasteiger partial charge in [0.15, 0.2) is 5.65 Å². The van der Waals surface area contributed by atoms with Crippen LogP contribution in [0.25, 0.3) is 28.2 Å². The Balaban J connectivity index is 1.61. The molecule has 2 N–H and O–H groups in total. The van der Waals surface area contributed by atoms with Crippen molar-refractivity contribution in [2.45, 2.75) is 44.8 Å². The summed E-state index contributed by atoms with van der Waals surface area (Å²) in [5.74, 6) is 0. The third-order valence-corrected chi connectivity index (χ3v) is 5.65. The van der Waals surface area contributed by atoms with E-state index in [1.54, 1.807) is 0 Å². The molecule has 1 aliphatic rings. The lowest BCUT2D eigenvalue weighted by Gasteiger charge is -2.20. The maximum absolute atomic E-state index is 4.82. The van der Waals surface area contributed by atoms with Crippen LogP contribution in [0.4, 0.5) is 0 Å². The molecule has 148 valence electrons. The Bertz CT molecular complexity index is 1110. The quantitative estimate of drug-likeness (QED) is 0.549. The molecule has 0 saturated carbocycles. The van der Waals surface area contributed by atoms with Crippen LogP contribution in [0.1, 0.15) is 32.7 Å². The zero-order valence-electron chi connectivity index (χ0n) is 16.7. The number of rotatable bonds is 5. The van der Waals surface area contributed by atoms with Gasteiger partial charge in [-0.1, -0.05) is 30.3 Å². The van der Waals surface area contributed by atoms with Gasteiger partial charge in [0.2, 0.25) is 0 Å². The zero-order chi connectivity index (χ0) is 19.8. The Kier molecular flexibility index (Phi) is 4.61. The molecule has 1 aliphatic heterocycles. The molecule has 3 aromatic heterocycles. The highest BCUT2D eigenvalue weighted by molar-refractivity contribution is 5.85. The maximum Gasteiger partial charge on any atom is 0.164 e. The molecule has 0 bridgehead atoms. The Morgan fingerprint density at radius 1 is 1.14 bits per heavy atom. The number of hydrogen-bond acceptors (Lipinski definition) is 5. The third kappa shape index (κ3) is 3.32. The third-order valence-electron chi connectivity index (χ3n) is 5.65. The minimum Gasteiger partial charge on any atom is -0.327 e. The molecule has 3 atom stereocenters. The molecule has 1 saturated heterocycles. The first-order valence-electron chi connectivity index (χ1n) is 10.1. The van der Waals surface area contributed by atoms with Crippen LogP contribution in [0, 0.1) is 0 Å². The molecule has 1 aromatic carbocycles. The standard InChI is InChI=1S/C22H25N7/c1-15-11-18(27-26-15)12-16(2)28-14-24-20(17-7-4-3-5-8-17)21(28)19-13-25-29-10-6-9-23-22(19)29/h3-10,13-16,18,26-27H,11-12H2,1-2H3. The van der Waals surface area contributed by atoms with Gasteiger partial charge >= 0.3 is 0 Å². The molecule has 0 radical (unpaired) electrons. The van der Waals surface area contributed by atoms with Crippen molar-refractivity contribution in [2.75, 3.05) is 0 Å². The van der Waals surface area contributed by atoms with Gasteiger partial charge in [-0.25, -0.2) is 14.5 Å². The highest BCUT2D eigenvalue weighted by atomic mass is 15.4. The van der Waals surface area contributed by atoms with Crippen molar-refractivity contribution in [1.29, 1.82) is 0 Å². The lowest BCUT2D eigenvalue weighted by atomic mass is 10.0. The van der Waals surface area contributed by atoms with Gasteiger partial charge in [0.25, 0.3) is 0 Å².